The number of ether oxygens (including phenoxy) is 3. The minimum absolute atomic E-state index is 0.109. The fourth-order valence-corrected chi connectivity index (χ4v) is 16.0. The molecular formula is C87H100F3N17O16S. The lowest BCUT2D eigenvalue weighted by atomic mass is 9.85. The molecule has 2 fully saturated rings. The van der Waals surface area contributed by atoms with Gasteiger partial charge in [0, 0.05) is 51.6 Å². The number of alkyl halides is 3. The number of carbonyl (C=O) groups is 10. The summed E-state index contributed by atoms with van der Waals surface area (Å²) in [6.07, 6.45) is -3.43. The number of aromatic nitrogens is 6. The van der Waals surface area contributed by atoms with E-state index >= 15 is 24.0 Å². The maximum absolute atomic E-state index is 15.6. The highest BCUT2D eigenvalue weighted by Crippen LogP contribution is 2.35. The van der Waals surface area contributed by atoms with Crippen molar-refractivity contribution in [3.63, 3.8) is 0 Å². The van der Waals surface area contributed by atoms with E-state index in [-0.39, 0.29) is 75.5 Å². The predicted octanol–water partition coefficient (Wildman–Crippen LogP) is 5.61. The van der Waals surface area contributed by atoms with Gasteiger partial charge in [0.05, 0.1) is 41.5 Å². The summed E-state index contributed by atoms with van der Waals surface area (Å²) in [6.45, 7) is 12.9. The molecule has 8 heterocycles. The maximum Gasteiger partial charge on any atom is 0.573 e. The van der Waals surface area contributed by atoms with E-state index in [4.69, 9.17) is 9.47 Å². The van der Waals surface area contributed by atoms with Crippen LogP contribution in [-0.2, 0) is 96.9 Å². The fraction of sp³-hybridized carbons (Fsp3) is 0.402. The number of aliphatic carboxylic acids is 1. The molecule has 656 valence electrons. The van der Waals surface area contributed by atoms with Gasteiger partial charge in [-0.15, -0.1) is 23.4 Å². The number of likely N-dealkylation sites (N-methyl/N-ethyl adjacent to an activating group) is 2. The van der Waals surface area contributed by atoms with Crippen molar-refractivity contribution in [2.24, 2.45) is 10.8 Å². The van der Waals surface area contributed by atoms with Gasteiger partial charge in [0.1, 0.15) is 90.2 Å². The lowest BCUT2D eigenvalue weighted by Gasteiger charge is -2.36. The van der Waals surface area contributed by atoms with Crippen molar-refractivity contribution in [3.8, 4) is 17.2 Å². The molecule has 12 atom stereocenters. The second kappa shape index (κ2) is 38.2. The van der Waals surface area contributed by atoms with Crippen molar-refractivity contribution < 1.29 is 88.9 Å². The number of hydrogen-bond acceptors (Lipinski definition) is 21. The summed E-state index contributed by atoms with van der Waals surface area (Å²) in [4.78, 5) is 150. The molecule has 12 bridgehead atoms. The number of halogens is 3. The van der Waals surface area contributed by atoms with Gasteiger partial charge in [0.15, 0.2) is 0 Å². The first kappa shape index (κ1) is 90.3. The van der Waals surface area contributed by atoms with Crippen LogP contribution in [0.2, 0.25) is 0 Å². The van der Waals surface area contributed by atoms with E-state index in [2.05, 4.69) is 67.9 Å². The van der Waals surface area contributed by atoms with E-state index in [0.29, 0.717) is 28.0 Å². The third kappa shape index (κ3) is 22.7. The molecule has 2 aromatic heterocycles. The fourth-order valence-electron chi connectivity index (χ4n) is 15.0. The van der Waals surface area contributed by atoms with Gasteiger partial charge in [-0.05, 0) is 131 Å². The number of nitrogens with zero attached hydrogens (tertiary/aromatic N) is 8. The Morgan fingerprint density at radius 3 is 1.34 bits per heavy atom. The zero-order chi connectivity index (χ0) is 89.3. The van der Waals surface area contributed by atoms with Crippen molar-refractivity contribution in [2.75, 3.05) is 27.2 Å². The third-order valence-electron chi connectivity index (χ3n) is 22.2. The van der Waals surface area contributed by atoms with E-state index < -0.39 is 176 Å². The topological polar surface area (TPSA) is 429 Å². The molecule has 37 heteroatoms. The van der Waals surface area contributed by atoms with E-state index in [1.165, 1.54) is 43.4 Å². The first-order chi connectivity index (χ1) is 58.8. The Morgan fingerprint density at radius 1 is 0.540 bits per heavy atom. The van der Waals surface area contributed by atoms with Crippen LogP contribution in [0.1, 0.15) is 114 Å². The second-order valence-electron chi connectivity index (χ2n) is 33.4. The monoisotopic (exact) mass is 1730 g/mol. The van der Waals surface area contributed by atoms with Crippen molar-refractivity contribution in [2.45, 2.75) is 191 Å². The van der Waals surface area contributed by atoms with E-state index in [1.807, 2.05) is 59.3 Å². The Labute approximate surface area is 713 Å². The molecule has 6 aliphatic heterocycles. The number of carbonyl (C=O) groups excluding carboxylic acids is 9. The molecule has 9 amide bonds. The number of carboxylic acids is 1. The molecule has 0 radical (unpaired) electrons. The number of carboxylic acid groups (broad SMARTS) is 1. The third-order valence-corrected chi connectivity index (χ3v) is 23.5. The summed E-state index contributed by atoms with van der Waals surface area (Å²) in [5.41, 5.74) is 0.442. The van der Waals surface area contributed by atoms with Gasteiger partial charge in [0.25, 0.3) is 15.9 Å². The number of nitrogens with one attached hydrogen (secondary N) is 9. The molecule has 0 spiro atoms. The molecule has 15 rings (SSSR count). The van der Waals surface area contributed by atoms with Gasteiger partial charge in [-0.25, -0.2) is 27.3 Å². The van der Waals surface area contributed by atoms with Crippen LogP contribution in [0.4, 0.5) is 13.2 Å². The van der Waals surface area contributed by atoms with Crippen molar-refractivity contribution in [1.82, 2.24) is 87.0 Å². The van der Waals surface area contributed by atoms with Gasteiger partial charge in [-0.3, -0.25) is 43.2 Å². The smallest absolute Gasteiger partial charge is 0.487 e. The lowest BCUT2D eigenvalue weighted by molar-refractivity contribution is -0.274. The van der Waals surface area contributed by atoms with Crippen LogP contribution in [0.5, 0.6) is 17.2 Å². The molecule has 9 aromatic rings. The summed E-state index contributed by atoms with van der Waals surface area (Å²) in [7, 11) is -1.81. The number of amides is 9. The zero-order valence-electron chi connectivity index (χ0n) is 69.9. The Bertz CT molecular complexity index is 5550. The Morgan fingerprint density at radius 2 is 0.944 bits per heavy atom. The van der Waals surface area contributed by atoms with Crippen LogP contribution in [0.25, 0.3) is 21.5 Å². The highest BCUT2D eigenvalue weighted by Gasteiger charge is 2.49. The zero-order valence-corrected chi connectivity index (χ0v) is 70.7. The number of hydrogen-bond donors (Lipinski definition) is 10. The van der Waals surface area contributed by atoms with Gasteiger partial charge in [-0.1, -0.05) is 161 Å². The van der Waals surface area contributed by atoms with Crippen LogP contribution in [-0.4, -0.2) is 206 Å². The normalized spacial score (nSPS) is 20.8. The highest BCUT2D eigenvalue weighted by molar-refractivity contribution is 7.90. The van der Waals surface area contributed by atoms with Crippen molar-refractivity contribution in [1.29, 1.82) is 0 Å². The molecule has 33 nitrogen and oxygen atoms in total. The predicted molar refractivity (Wildman–Crippen MR) is 446 cm³/mol. The van der Waals surface area contributed by atoms with Crippen molar-refractivity contribution >= 4 is 90.7 Å². The summed E-state index contributed by atoms with van der Waals surface area (Å²) in [5, 5.41) is 54.3. The second-order valence-corrected chi connectivity index (χ2v) is 35.1. The SMILES string of the molecule is CNC(C)C(=O)NC(C(=O)N1CC2CC1C(=O)NC(Cc1ccc3ccccc3c1)C(=O)NC(C(=O)O)Cc1ccc(cc1)OCc1cn(nn1)C1CC(C(=O)NC(Cc3ccc4ccccc4c3)C(=O)NC(C(=O)NS(=O)(=O)c3ccc(OC(F)(F)F)cc3)Cc3ccc(cc3)OCc3cn2nn3)N(C(=O)C(NC(=O)C(C)NC)C(C)(C)C)C1)C(C)(C)C. The van der Waals surface area contributed by atoms with Gasteiger partial charge in [-0.2, -0.15) is 0 Å². The maximum atomic E-state index is 15.6. The number of sulfonamides is 1. The number of benzene rings is 7. The summed E-state index contributed by atoms with van der Waals surface area (Å²) < 4.78 is 89.2. The van der Waals surface area contributed by atoms with Crippen molar-refractivity contribution in [3.05, 3.63) is 204 Å². The van der Waals surface area contributed by atoms with Crippen LogP contribution in [0.15, 0.2) is 175 Å². The summed E-state index contributed by atoms with van der Waals surface area (Å²) in [5.74, 6) is -8.86. The average molecular weight is 1730 g/mol. The van der Waals surface area contributed by atoms with Crippen LogP contribution < -0.4 is 61.5 Å². The summed E-state index contributed by atoms with van der Waals surface area (Å²) >= 11 is 0. The molecule has 12 unspecified atom stereocenters. The molecule has 2 saturated heterocycles. The first-order valence-electron chi connectivity index (χ1n) is 40.4. The van der Waals surface area contributed by atoms with Gasteiger partial charge < -0.3 is 71.7 Å². The minimum atomic E-state index is -5.13. The molecule has 0 saturated carbocycles. The molecule has 10 N–H and O–H groups in total. The Balaban J connectivity index is 0.907. The molecule has 124 heavy (non-hydrogen) atoms. The number of rotatable bonds is 17. The Hall–Kier alpha value is -12.9. The standard InChI is InChI=1S/C87H100F3N17O16S/c1-49(91-9)75(108)97-73(85(3,4)5)82(115)104-45-61-41-71(104)80(113)94-67(39-53-19-25-55-15-11-13-17-57(55)35-53)77(110)93-69(79(112)101-124(119,120)66-33-31-65(32-34-66)123-87(88,89)90)37-51-21-27-63(28-22-51)121-47-59-43-107(102-99-59)62-42-72(105(46-62)83(116)74(86(6,7)8)98-76(109)50(2)92-10)81(114)95-68(40-54-20-26-56-16-12-14-18-58(56)36-54)78(111)96-70(84(117)118)38-52-23-29-64(30-24-52)122-48-60-44-106(61)103-100-60/h11-36,43-44,49-50,61-62,67-74,91-92H,37-42,45-48H2,1-10H3,(H,93,110)(H,94,113)(H,95,114)(H,96,111)(H,97,108)(H,98,109)(H,101,112)(H,117,118). The highest BCUT2D eigenvalue weighted by atomic mass is 32.2. The quantitative estimate of drug-likeness (QED) is 0.0529. The number of fused-ring (bicyclic) bond motifs is 2. The van der Waals surface area contributed by atoms with E-state index in [9.17, 15) is 50.7 Å². The van der Waals surface area contributed by atoms with E-state index in [1.54, 1.807) is 136 Å². The minimum Gasteiger partial charge on any atom is -0.487 e. The summed E-state index contributed by atoms with van der Waals surface area (Å²) in [6, 6.07) is 26.2. The van der Waals surface area contributed by atoms with Gasteiger partial charge in [0.2, 0.25) is 47.3 Å². The largest absolute Gasteiger partial charge is 0.573 e. The molecule has 7 aromatic carbocycles. The van der Waals surface area contributed by atoms with Crippen LogP contribution >= 0.6 is 0 Å². The molecular weight excluding hydrogens is 1630 g/mol. The Kier molecular flexibility index (Phi) is 27.9. The lowest BCUT2D eigenvalue weighted by Crippen LogP contribution is -2.61. The average Bonchev–Trinajstić information content (AvgIpc) is 1.69. The molecule has 0 aliphatic carbocycles. The van der Waals surface area contributed by atoms with E-state index in [0.717, 1.165) is 45.8 Å². The van der Waals surface area contributed by atoms with Crippen LogP contribution in [0.3, 0.4) is 0 Å². The number of likely N-dealkylation sites (tertiary alicyclic amines) is 2. The molecule has 6 aliphatic rings. The van der Waals surface area contributed by atoms with Gasteiger partial charge >= 0.3 is 12.3 Å². The van der Waals surface area contributed by atoms with Crippen LogP contribution in [0, 0.1) is 10.8 Å². The first-order valence-corrected chi connectivity index (χ1v) is 41.9.